The second-order valence-corrected chi connectivity index (χ2v) is 8.22. The summed E-state index contributed by atoms with van der Waals surface area (Å²) in [7, 11) is 0. The fraction of sp³-hybridized carbons (Fsp3) is 0.391. The Morgan fingerprint density at radius 1 is 1.20 bits per heavy atom. The Morgan fingerprint density at radius 2 is 1.93 bits per heavy atom. The first-order valence-electron chi connectivity index (χ1n) is 10.3. The first-order chi connectivity index (χ1) is 14.4. The molecule has 2 atom stereocenters. The van der Waals surface area contributed by atoms with Crippen LogP contribution >= 0.6 is 0 Å². The molecule has 1 aromatic heterocycles. The zero-order valence-corrected chi connectivity index (χ0v) is 17.1. The Hall–Kier alpha value is -2.80. The van der Waals surface area contributed by atoms with Crippen LogP contribution in [0, 0.1) is 31.0 Å². The molecule has 2 N–H and O–H groups in total. The molecule has 6 nitrogen and oxygen atoms in total. The van der Waals surface area contributed by atoms with Crippen molar-refractivity contribution in [2.45, 2.75) is 13.3 Å². The van der Waals surface area contributed by atoms with Crippen molar-refractivity contribution in [2.24, 2.45) is 17.6 Å². The van der Waals surface area contributed by atoms with Gasteiger partial charge in [0.2, 0.25) is 5.91 Å². The van der Waals surface area contributed by atoms with Crippen molar-refractivity contribution in [1.82, 2.24) is 14.8 Å². The van der Waals surface area contributed by atoms with Crippen LogP contribution in [0.25, 0.3) is 0 Å². The van der Waals surface area contributed by atoms with Gasteiger partial charge >= 0.3 is 0 Å². The molecule has 30 heavy (non-hydrogen) atoms. The van der Waals surface area contributed by atoms with Crippen molar-refractivity contribution in [3.8, 4) is 0 Å². The molecule has 0 spiro atoms. The fourth-order valence-corrected chi connectivity index (χ4v) is 4.69. The number of carbonyl (C=O) groups excluding carboxylic acids is 2. The van der Waals surface area contributed by atoms with Gasteiger partial charge in [-0.1, -0.05) is 12.1 Å². The summed E-state index contributed by atoms with van der Waals surface area (Å²) in [4.78, 5) is 33.3. The van der Waals surface area contributed by atoms with Crippen LogP contribution in [0.5, 0.6) is 0 Å². The van der Waals surface area contributed by atoms with E-state index in [2.05, 4.69) is 16.3 Å². The van der Waals surface area contributed by atoms with Crippen molar-refractivity contribution >= 4 is 11.8 Å². The second kappa shape index (κ2) is 8.52. The number of carbonyl (C=O) groups is 2. The van der Waals surface area contributed by atoms with E-state index < -0.39 is 5.91 Å². The Morgan fingerprint density at radius 3 is 2.60 bits per heavy atom. The molecule has 157 valence electrons. The molecule has 1 radical (unpaired) electrons. The number of fused-ring (bicyclic) bond motifs is 1. The van der Waals surface area contributed by atoms with Crippen molar-refractivity contribution < 1.29 is 14.0 Å². The highest BCUT2D eigenvalue weighted by Gasteiger charge is 2.42. The van der Waals surface area contributed by atoms with Gasteiger partial charge in [0.15, 0.2) is 0 Å². The maximum atomic E-state index is 13.3. The summed E-state index contributed by atoms with van der Waals surface area (Å²) in [5.74, 6) is -0.124. The topological polar surface area (TPSA) is 79.5 Å². The number of nitrogens with zero attached hydrogens (tertiary/aromatic N) is 3. The number of aromatic nitrogens is 1. The van der Waals surface area contributed by atoms with E-state index >= 15 is 0 Å². The summed E-state index contributed by atoms with van der Waals surface area (Å²) in [5, 5.41) is 0. The highest BCUT2D eigenvalue weighted by Crippen LogP contribution is 2.32. The van der Waals surface area contributed by atoms with Crippen LogP contribution in [-0.2, 0) is 0 Å². The molecule has 0 bridgehead atoms. The van der Waals surface area contributed by atoms with Gasteiger partial charge in [-0.05, 0) is 61.9 Å². The number of hydrogen-bond acceptors (Lipinski definition) is 4. The fourth-order valence-electron chi connectivity index (χ4n) is 4.69. The second-order valence-electron chi connectivity index (χ2n) is 8.22. The summed E-state index contributed by atoms with van der Waals surface area (Å²) in [5.41, 5.74) is 7.46. The van der Waals surface area contributed by atoms with Crippen LogP contribution in [0.1, 0.15) is 38.4 Å². The Labute approximate surface area is 175 Å². The number of benzene rings is 1. The first kappa shape index (κ1) is 20.5. The molecule has 0 saturated carbocycles. The standard InChI is InChI=1S/C23H26FN4O2/c1-15-21(20(22(25)29)7-8-26-15)23(30)28-13-17-11-27(12-18(17)14-28)9-3-5-16-4-2-6-19(24)10-16/h2,4-8,10,17-18H,3,9,11-14H2,1H3,(H2,25,29)/t17-,18?/m0/s1. The average Bonchev–Trinajstić information content (AvgIpc) is 3.26. The van der Waals surface area contributed by atoms with Gasteiger partial charge in [-0.3, -0.25) is 14.6 Å². The predicted octanol–water partition coefficient (Wildman–Crippen LogP) is 2.27. The number of nitrogens with two attached hydrogens (primary N) is 1. The maximum Gasteiger partial charge on any atom is 0.256 e. The molecule has 2 aliphatic rings. The number of halogens is 1. The highest BCUT2D eigenvalue weighted by atomic mass is 19.1. The van der Waals surface area contributed by atoms with E-state index in [0.29, 0.717) is 36.2 Å². The van der Waals surface area contributed by atoms with Crippen LogP contribution in [0.3, 0.4) is 0 Å². The molecular weight excluding hydrogens is 383 g/mol. The van der Waals surface area contributed by atoms with Crippen molar-refractivity contribution in [1.29, 1.82) is 0 Å². The Bertz CT molecular complexity index is 950. The number of pyridine rings is 1. The maximum absolute atomic E-state index is 13.3. The van der Waals surface area contributed by atoms with Crippen LogP contribution in [0.2, 0.25) is 0 Å². The van der Waals surface area contributed by atoms with E-state index in [1.165, 1.54) is 18.3 Å². The number of hydrogen-bond donors (Lipinski definition) is 1. The molecule has 2 aliphatic heterocycles. The van der Waals surface area contributed by atoms with E-state index in [9.17, 15) is 14.0 Å². The van der Waals surface area contributed by atoms with Crippen LogP contribution in [0.15, 0.2) is 36.5 Å². The molecule has 2 amide bonds. The third-order valence-corrected chi connectivity index (χ3v) is 6.14. The Kier molecular flexibility index (Phi) is 5.81. The van der Waals surface area contributed by atoms with Crippen LogP contribution < -0.4 is 5.73 Å². The largest absolute Gasteiger partial charge is 0.366 e. The molecule has 1 aromatic carbocycles. The molecule has 4 rings (SSSR count). The summed E-state index contributed by atoms with van der Waals surface area (Å²) in [6, 6.07) is 8.14. The average molecular weight is 409 g/mol. The van der Waals surface area contributed by atoms with E-state index in [1.807, 2.05) is 11.0 Å². The lowest BCUT2D eigenvalue weighted by molar-refractivity contribution is 0.0767. The lowest BCUT2D eigenvalue weighted by Gasteiger charge is -2.22. The number of likely N-dealkylation sites (tertiary alicyclic amines) is 2. The third-order valence-electron chi connectivity index (χ3n) is 6.14. The number of aryl methyl sites for hydroxylation is 1. The molecule has 1 unspecified atom stereocenters. The monoisotopic (exact) mass is 409 g/mol. The van der Waals surface area contributed by atoms with Gasteiger partial charge in [0, 0.05) is 32.4 Å². The minimum Gasteiger partial charge on any atom is -0.366 e. The number of primary amides is 1. The van der Waals surface area contributed by atoms with Gasteiger partial charge in [-0.25, -0.2) is 4.39 Å². The lowest BCUT2D eigenvalue weighted by atomic mass is 10.0. The summed E-state index contributed by atoms with van der Waals surface area (Å²) >= 11 is 0. The van der Waals surface area contributed by atoms with Crippen molar-refractivity contribution in [2.75, 3.05) is 32.7 Å². The molecule has 7 heteroatoms. The van der Waals surface area contributed by atoms with Gasteiger partial charge in [0.25, 0.3) is 5.91 Å². The summed E-state index contributed by atoms with van der Waals surface area (Å²) < 4.78 is 13.3. The minimum atomic E-state index is -0.607. The first-order valence-corrected chi connectivity index (χ1v) is 10.3. The van der Waals surface area contributed by atoms with E-state index in [1.54, 1.807) is 19.1 Å². The van der Waals surface area contributed by atoms with Gasteiger partial charge in [0.05, 0.1) is 16.8 Å². The normalized spacial score (nSPS) is 21.1. The summed E-state index contributed by atoms with van der Waals surface area (Å²) in [6.45, 7) is 5.90. The summed E-state index contributed by atoms with van der Waals surface area (Å²) in [6.07, 6.45) is 4.43. The zero-order chi connectivity index (χ0) is 21.3. The molecule has 3 heterocycles. The zero-order valence-electron chi connectivity index (χ0n) is 17.1. The van der Waals surface area contributed by atoms with Crippen molar-refractivity contribution in [3.63, 3.8) is 0 Å². The van der Waals surface area contributed by atoms with E-state index in [0.717, 1.165) is 31.6 Å². The highest BCUT2D eigenvalue weighted by molar-refractivity contribution is 6.07. The van der Waals surface area contributed by atoms with E-state index in [-0.39, 0.29) is 17.3 Å². The number of amides is 2. The van der Waals surface area contributed by atoms with Crippen LogP contribution in [0.4, 0.5) is 4.39 Å². The van der Waals surface area contributed by atoms with Crippen molar-refractivity contribution in [3.05, 3.63) is 71.2 Å². The molecule has 2 aromatic rings. The van der Waals surface area contributed by atoms with Gasteiger partial charge in [0.1, 0.15) is 5.82 Å². The smallest absolute Gasteiger partial charge is 0.256 e. The molecule has 2 fully saturated rings. The minimum absolute atomic E-state index is 0.158. The predicted molar refractivity (Wildman–Crippen MR) is 111 cm³/mol. The lowest BCUT2D eigenvalue weighted by Crippen LogP contribution is -2.35. The van der Waals surface area contributed by atoms with Gasteiger partial charge < -0.3 is 15.5 Å². The third kappa shape index (κ3) is 4.21. The van der Waals surface area contributed by atoms with Gasteiger partial charge in [-0.15, -0.1) is 0 Å². The molecule has 0 aliphatic carbocycles. The van der Waals surface area contributed by atoms with E-state index in [4.69, 9.17) is 5.73 Å². The Balaban J connectivity index is 1.32. The SMILES string of the molecule is Cc1nccc(C(N)=O)c1C(=O)N1CC2CN(CC[CH]c3cccc(F)c3)C[C@H]2C1. The number of rotatable bonds is 6. The van der Waals surface area contributed by atoms with Crippen LogP contribution in [-0.4, -0.2) is 59.3 Å². The molecular formula is C23H26FN4O2. The quantitative estimate of drug-likeness (QED) is 0.794. The molecule has 2 saturated heterocycles. The van der Waals surface area contributed by atoms with Gasteiger partial charge in [-0.2, -0.15) is 0 Å².